The summed E-state index contributed by atoms with van der Waals surface area (Å²) in [5.41, 5.74) is 6.77. The lowest BCUT2D eigenvalue weighted by Crippen LogP contribution is -2.09. The highest BCUT2D eigenvalue weighted by Crippen LogP contribution is 2.02. The first kappa shape index (κ1) is 9.17. The predicted molar refractivity (Wildman–Crippen MR) is 39.4 cm³/mol. The van der Waals surface area contributed by atoms with Gasteiger partial charge in [0.15, 0.2) is 0 Å². The van der Waals surface area contributed by atoms with E-state index in [4.69, 9.17) is 5.73 Å². The molecule has 0 radical (unpaired) electrons. The molecule has 58 valence electrons. The van der Waals surface area contributed by atoms with Gasteiger partial charge in [-0.05, 0) is 19.4 Å². The molecule has 3 heteroatoms. The first-order chi connectivity index (χ1) is 4.63. The minimum atomic E-state index is -0.303. The predicted octanol–water partition coefficient (Wildman–Crippen LogP) is 0.455. The van der Waals surface area contributed by atoms with Gasteiger partial charge in [0.2, 0.25) is 0 Å². The number of rotatable bonds is 2. The lowest BCUT2D eigenvalue weighted by Gasteiger charge is -2.01. The average molecular weight is 143 g/mol. The van der Waals surface area contributed by atoms with Crippen molar-refractivity contribution in [3.8, 4) is 0 Å². The van der Waals surface area contributed by atoms with Gasteiger partial charge in [-0.3, -0.25) is 0 Å². The second kappa shape index (κ2) is 4.06. The fraction of sp³-hybridized carbons (Fsp3) is 0.571. The van der Waals surface area contributed by atoms with Crippen LogP contribution >= 0.6 is 0 Å². The van der Waals surface area contributed by atoms with Crippen LogP contribution in [0, 0.1) is 0 Å². The molecule has 0 unspecified atom stereocenters. The normalized spacial score (nSPS) is 12.4. The standard InChI is InChI=1S/C7H13NO2/c1-5(4-8)6(2)7(9)10-3/h4,8H2,1-3H3. The van der Waals surface area contributed by atoms with Gasteiger partial charge < -0.3 is 10.5 Å². The third kappa shape index (κ3) is 2.19. The highest BCUT2D eigenvalue weighted by atomic mass is 16.5. The van der Waals surface area contributed by atoms with Crippen molar-refractivity contribution in [1.82, 2.24) is 0 Å². The Bertz CT molecular complexity index is 161. The molecule has 0 saturated heterocycles. The molecule has 3 nitrogen and oxygen atoms in total. The molecule has 0 amide bonds. The Labute approximate surface area is 60.9 Å². The summed E-state index contributed by atoms with van der Waals surface area (Å²) in [7, 11) is 1.36. The molecule has 0 aromatic carbocycles. The molecule has 0 aliphatic carbocycles. The largest absolute Gasteiger partial charge is 0.466 e. The summed E-state index contributed by atoms with van der Waals surface area (Å²) in [4.78, 5) is 10.8. The minimum Gasteiger partial charge on any atom is -0.466 e. The number of ether oxygens (including phenoxy) is 1. The maximum atomic E-state index is 10.8. The maximum absolute atomic E-state index is 10.8. The van der Waals surface area contributed by atoms with Crippen molar-refractivity contribution in [3.63, 3.8) is 0 Å². The summed E-state index contributed by atoms with van der Waals surface area (Å²) in [6, 6.07) is 0. The lowest BCUT2D eigenvalue weighted by atomic mass is 10.1. The molecule has 0 aromatic rings. The average Bonchev–Trinajstić information content (AvgIpc) is 2.00. The van der Waals surface area contributed by atoms with Crippen LogP contribution in [-0.2, 0) is 9.53 Å². The summed E-state index contributed by atoms with van der Waals surface area (Å²) in [5.74, 6) is -0.303. The fourth-order valence-corrected chi connectivity index (χ4v) is 0.480. The van der Waals surface area contributed by atoms with Crippen molar-refractivity contribution >= 4 is 5.97 Å². The third-order valence-corrected chi connectivity index (χ3v) is 1.44. The second-order valence-electron chi connectivity index (χ2n) is 2.10. The van der Waals surface area contributed by atoms with Crippen molar-refractivity contribution < 1.29 is 9.53 Å². The van der Waals surface area contributed by atoms with E-state index in [1.165, 1.54) is 7.11 Å². The molecule has 10 heavy (non-hydrogen) atoms. The SMILES string of the molecule is COC(=O)C(C)=C(C)CN. The van der Waals surface area contributed by atoms with Crippen molar-refractivity contribution in [3.05, 3.63) is 11.1 Å². The molecular formula is C7H13NO2. The molecule has 0 heterocycles. The molecular weight excluding hydrogens is 130 g/mol. The van der Waals surface area contributed by atoms with Crippen LogP contribution in [0.1, 0.15) is 13.8 Å². The fourth-order valence-electron chi connectivity index (χ4n) is 0.480. The molecule has 2 N–H and O–H groups in total. The summed E-state index contributed by atoms with van der Waals surface area (Å²) in [6.45, 7) is 3.92. The first-order valence-electron chi connectivity index (χ1n) is 3.08. The molecule has 0 atom stereocenters. The van der Waals surface area contributed by atoms with Crippen LogP contribution in [0.2, 0.25) is 0 Å². The van der Waals surface area contributed by atoms with Gasteiger partial charge in [0.25, 0.3) is 0 Å². The molecule has 0 aromatic heterocycles. The molecule has 0 fully saturated rings. The number of hydrogen-bond acceptors (Lipinski definition) is 3. The summed E-state index contributed by atoms with van der Waals surface area (Å²) in [6.07, 6.45) is 0. The topological polar surface area (TPSA) is 52.3 Å². The van der Waals surface area contributed by atoms with E-state index in [2.05, 4.69) is 4.74 Å². The maximum Gasteiger partial charge on any atom is 0.333 e. The molecule has 0 saturated carbocycles. The van der Waals surface area contributed by atoms with Crippen molar-refractivity contribution in [2.75, 3.05) is 13.7 Å². The van der Waals surface area contributed by atoms with E-state index in [0.717, 1.165) is 5.57 Å². The van der Waals surface area contributed by atoms with Gasteiger partial charge in [-0.25, -0.2) is 4.79 Å². The van der Waals surface area contributed by atoms with Crippen LogP contribution in [0.5, 0.6) is 0 Å². The minimum absolute atomic E-state index is 0.303. The van der Waals surface area contributed by atoms with Crippen molar-refractivity contribution in [2.24, 2.45) is 5.73 Å². The van der Waals surface area contributed by atoms with E-state index in [0.29, 0.717) is 12.1 Å². The van der Waals surface area contributed by atoms with E-state index in [9.17, 15) is 4.79 Å². The Morgan fingerprint density at radius 1 is 1.50 bits per heavy atom. The number of esters is 1. The molecule has 0 aliphatic heterocycles. The zero-order valence-corrected chi connectivity index (χ0v) is 6.60. The van der Waals surface area contributed by atoms with Gasteiger partial charge in [0, 0.05) is 12.1 Å². The van der Waals surface area contributed by atoms with Gasteiger partial charge in [0.05, 0.1) is 7.11 Å². The van der Waals surface area contributed by atoms with E-state index >= 15 is 0 Å². The van der Waals surface area contributed by atoms with Gasteiger partial charge in [-0.1, -0.05) is 0 Å². The summed E-state index contributed by atoms with van der Waals surface area (Å²) < 4.78 is 4.48. The highest BCUT2D eigenvalue weighted by molar-refractivity contribution is 5.88. The summed E-state index contributed by atoms with van der Waals surface area (Å²) in [5, 5.41) is 0. The van der Waals surface area contributed by atoms with E-state index < -0.39 is 0 Å². The zero-order valence-electron chi connectivity index (χ0n) is 6.60. The van der Waals surface area contributed by atoms with Crippen LogP contribution < -0.4 is 5.73 Å². The Morgan fingerprint density at radius 3 is 2.30 bits per heavy atom. The van der Waals surface area contributed by atoms with Gasteiger partial charge in [-0.2, -0.15) is 0 Å². The van der Waals surface area contributed by atoms with Crippen LogP contribution in [-0.4, -0.2) is 19.6 Å². The van der Waals surface area contributed by atoms with Gasteiger partial charge in [0.1, 0.15) is 0 Å². The van der Waals surface area contributed by atoms with E-state index in [1.807, 2.05) is 6.92 Å². The van der Waals surface area contributed by atoms with Gasteiger partial charge >= 0.3 is 5.97 Å². The smallest absolute Gasteiger partial charge is 0.333 e. The highest BCUT2D eigenvalue weighted by Gasteiger charge is 2.04. The summed E-state index contributed by atoms with van der Waals surface area (Å²) >= 11 is 0. The van der Waals surface area contributed by atoms with Crippen LogP contribution in [0.4, 0.5) is 0 Å². The van der Waals surface area contributed by atoms with Gasteiger partial charge in [-0.15, -0.1) is 0 Å². The quantitative estimate of drug-likeness (QED) is 0.451. The van der Waals surface area contributed by atoms with E-state index in [-0.39, 0.29) is 5.97 Å². The molecule has 0 aliphatic rings. The number of hydrogen-bond donors (Lipinski definition) is 1. The third-order valence-electron chi connectivity index (χ3n) is 1.44. The monoisotopic (exact) mass is 143 g/mol. The Kier molecular flexibility index (Phi) is 3.72. The Morgan fingerprint density at radius 2 is 2.00 bits per heavy atom. The van der Waals surface area contributed by atoms with Crippen LogP contribution in [0.3, 0.4) is 0 Å². The zero-order chi connectivity index (χ0) is 8.15. The first-order valence-corrected chi connectivity index (χ1v) is 3.08. The van der Waals surface area contributed by atoms with Crippen molar-refractivity contribution in [2.45, 2.75) is 13.8 Å². The molecule has 0 bridgehead atoms. The van der Waals surface area contributed by atoms with E-state index in [1.54, 1.807) is 6.92 Å². The second-order valence-corrected chi connectivity index (χ2v) is 2.10. The number of nitrogens with two attached hydrogens (primary N) is 1. The Hall–Kier alpha value is -0.830. The van der Waals surface area contributed by atoms with Crippen molar-refractivity contribution in [1.29, 1.82) is 0 Å². The molecule has 0 spiro atoms. The Balaban J connectivity index is 4.30. The lowest BCUT2D eigenvalue weighted by molar-refractivity contribution is -0.136. The number of carbonyl (C=O) groups excluding carboxylic acids is 1. The molecule has 0 rings (SSSR count). The number of methoxy groups -OCH3 is 1. The van der Waals surface area contributed by atoms with Crippen LogP contribution in [0.15, 0.2) is 11.1 Å². The number of carbonyl (C=O) groups is 1. The van der Waals surface area contributed by atoms with Crippen LogP contribution in [0.25, 0.3) is 0 Å².